The fraction of sp³-hybridized carbons (Fsp3) is 0.167. The standard InChI is InChI=1S/C30H26ClFN4O4/c31-25-18-24(9-10-27(25)40-19-21-5-4-8-23(32)17-21)35-29-28-26(33-20-34-29)11-12-36(28)13-14-38-15-16-39-30(37)22-6-2-1-3-7-22/h1-12,17-18,20H,13-16,19H2,(H,33,34,35). The van der Waals surface area contributed by atoms with Gasteiger partial charge in [0.15, 0.2) is 5.82 Å². The second-order valence-corrected chi connectivity index (χ2v) is 9.18. The molecule has 0 aliphatic heterocycles. The van der Waals surface area contributed by atoms with Crippen LogP contribution in [0.25, 0.3) is 11.0 Å². The van der Waals surface area contributed by atoms with Gasteiger partial charge in [0.2, 0.25) is 0 Å². The van der Waals surface area contributed by atoms with Crippen molar-refractivity contribution in [1.82, 2.24) is 14.5 Å². The second-order valence-electron chi connectivity index (χ2n) is 8.77. The summed E-state index contributed by atoms with van der Waals surface area (Å²) >= 11 is 6.46. The van der Waals surface area contributed by atoms with Gasteiger partial charge in [-0.2, -0.15) is 0 Å². The van der Waals surface area contributed by atoms with E-state index in [1.807, 2.05) is 29.0 Å². The first kappa shape index (κ1) is 27.1. The molecule has 0 aliphatic carbocycles. The number of hydrogen-bond acceptors (Lipinski definition) is 7. The van der Waals surface area contributed by atoms with Gasteiger partial charge in [0.1, 0.15) is 36.6 Å². The molecule has 0 radical (unpaired) electrons. The summed E-state index contributed by atoms with van der Waals surface area (Å²) < 4.78 is 32.1. The molecule has 8 nitrogen and oxygen atoms in total. The van der Waals surface area contributed by atoms with Crippen molar-refractivity contribution < 1.29 is 23.4 Å². The zero-order chi connectivity index (χ0) is 27.7. The molecule has 0 atom stereocenters. The monoisotopic (exact) mass is 560 g/mol. The normalized spacial score (nSPS) is 10.9. The molecule has 3 aromatic carbocycles. The van der Waals surface area contributed by atoms with E-state index in [4.69, 9.17) is 25.8 Å². The molecule has 40 heavy (non-hydrogen) atoms. The predicted octanol–water partition coefficient (Wildman–Crippen LogP) is 6.42. The van der Waals surface area contributed by atoms with E-state index in [1.54, 1.807) is 48.5 Å². The number of nitrogens with one attached hydrogen (secondary N) is 1. The highest BCUT2D eigenvalue weighted by Crippen LogP contribution is 2.31. The van der Waals surface area contributed by atoms with Crippen molar-refractivity contribution in [2.45, 2.75) is 13.2 Å². The van der Waals surface area contributed by atoms with Gasteiger partial charge >= 0.3 is 5.97 Å². The van der Waals surface area contributed by atoms with Crippen LogP contribution in [-0.2, 0) is 22.6 Å². The van der Waals surface area contributed by atoms with Crippen molar-refractivity contribution in [2.75, 3.05) is 25.1 Å². The van der Waals surface area contributed by atoms with Gasteiger partial charge < -0.3 is 24.1 Å². The van der Waals surface area contributed by atoms with E-state index in [0.717, 1.165) is 11.0 Å². The smallest absolute Gasteiger partial charge is 0.338 e. The molecule has 204 valence electrons. The fourth-order valence-corrected chi connectivity index (χ4v) is 4.28. The maximum atomic E-state index is 13.4. The summed E-state index contributed by atoms with van der Waals surface area (Å²) in [6.07, 6.45) is 3.41. The van der Waals surface area contributed by atoms with Crippen LogP contribution in [0.1, 0.15) is 15.9 Å². The van der Waals surface area contributed by atoms with Gasteiger partial charge in [-0.25, -0.2) is 19.2 Å². The van der Waals surface area contributed by atoms with Crippen LogP contribution in [0.3, 0.4) is 0 Å². The van der Waals surface area contributed by atoms with Crippen molar-refractivity contribution >= 4 is 40.1 Å². The largest absolute Gasteiger partial charge is 0.487 e. The summed E-state index contributed by atoms with van der Waals surface area (Å²) in [5.74, 6) is 0.402. The Balaban J connectivity index is 1.16. The first-order chi connectivity index (χ1) is 19.6. The lowest BCUT2D eigenvalue weighted by atomic mass is 10.2. The fourth-order valence-electron chi connectivity index (χ4n) is 4.05. The number of anilines is 2. The van der Waals surface area contributed by atoms with Gasteiger partial charge in [0.25, 0.3) is 0 Å². The van der Waals surface area contributed by atoms with Crippen LogP contribution in [0.5, 0.6) is 5.75 Å². The Morgan fingerprint density at radius 3 is 2.65 bits per heavy atom. The van der Waals surface area contributed by atoms with Gasteiger partial charge in [0.05, 0.1) is 29.3 Å². The third kappa shape index (κ3) is 6.93. The topological polar surface area (TPSA) is 87.5 Å². The van der Waals surface area contributed by atoms with E-state index in [2.05, 4.69) is 15.3 Å². The number of hydrogen-bond donors (Lipinski definition) is 1. The lowest BCUT2D eigenvalue weighted by Gasteiger charge is -2.13. The molecule has 2 heterocycles. The van der Waals surface area contributed by atoms with E-state index >= 15 is 0 Å². The van der Waals surface area contributed by atoms with Crippen LogP contribution in [0.4, 0.5) is 15.9 Å². The molecule has 0 fully saturated rings. The molecule has 1 N–H and O–H groups in total. The number of nitrogens with zero attached hydrogens (tertiary/aromatic N) is 3. The summed E-state index contributed by atoms with van der Waals surface area (Å²) in [6.45, 7) is 1.60. The number of carbonyl (C=O) groups excluding carboxylic acids is 1. The highest BCUT2D eigenvalue weighted by molar-refractivity contribution is 6.32. The summed E-state index contributed by atoms with van der Waals surface area (Å²) in [5.41, 5.74) is 3.51. The number of esters is 1. The Hall–Kier alpha value is -4.47. The number of fused-ring (bicyclic) bond motifs is 1. The number of aromatic nitrogens is 3. The summed E-state index contributed by atoms with van der Waals surface area (Å²) in [7, 11) is 0. The quantitative estimate of drug-likeness (QED) is 0.139. The van der Waals surface area contributed by atoms with Gasteiger partial charge in [-0.05, 0) is 54.1 Å². The number of halogens is 2. The zero-order valence-electron chi connectivity index (χ0n) is 21.4. The average molecular weight is 561 g/mol. The third-order valence-electron chi connectivity index (χ3n) is 5.97. The van der Waals surface area contributed by atoms with Crippen LogP contribution < -0.4 is 10.1 Å². The van der Waals surface area contributed by atoms with Crippen LogP contribution in [-0.4, -0.2) is 40.3 Å². The Morgan fingerprint density at radius 2 is 1.82 bits per heavy atom. The highest BCUT2D eigenvalue weighted by Gasteiger charge is 2.12. The van der Waals surface area contributed by atoms with Crippen molar-refractivity contribution in [3.63, 3.8) is 0 Å². The molecule has 0 saturated heterocycles. The molecule has 0 aliphatic rings. The molecule has 0 unspecified atom stereocenters. The Kier molecular flexibility index (Phi) is 8.85. The first-order valence-electron chi connectivity index (χ1n) is 12.6. The van der Waals surface area contributed by atoms with Crippen LogP contribution in [0.15, 0.2) is 91.4 Å². The minimum absolute atomic E-state index is 0.165. The molecular formula is C30H26ClFN4O4. The minimum atomic E-state index is -0.375. The molecule has 0 saturated carbocycles. The zero-order valence-corrected chi connectivity index (χ0v) is 22.2. The molecule has 2 aromatic heterocycles. The maximum Gasteiger partial charge on any atom is 0.338 e. The third-order valence-corrected chi connectivity index (χ3v) is 6.27. The van der Waals surface area contributed by atoms with Gasteiger partial charge in [-0.1, -0.05) is 41.9 Å². The van der Waals surface area contributed by atoms with Gasteiger partial charge in [-0.3, -0.25) is 0 Å². The number of benzene rings is 3. The Labute approximate surface area is 235 Å². The molecule has 0 bridgehead atoms. The molecular weight excluding hydrogens is 535 g/mol. The number of rotatable bonds is 12. The van der Waals surface area contributed by atoms with Gasteiger partial charge in [-0.15, -0.1) is 0 Å². The van der Waals surface area contributed by atoms with E-state index in [1.165, 1.54) is 18.5 Å². The Bertz CT molecular complexity index is 1600. The molecule has 5 rings (SSSR count). The molecule has 5 aromatic rings. The van der Waals surface area contributed by atoms with Gasteiger partial charge in [0, 0.05) is 18.4 Å². The molecule has 0 amide bonds. The highest BCUT2D eigenvalue weighted by atomic mass is 35.5. The summed E-state index contributed by atoms with van der Waals surface area (Å²) in [6, 6.07) is 22.3. The molecule has 10 heteroatoms. The van der Waals surface area contributed by atoms with E-state index in [9.17, 15) is 9.18 Å². The number of carbonyl (C=O) groups is 1. The van der Waals surface area contributed by atoms with Crippen LogP contribution in [0.2, 0.25) is 5.02 Å². The summed E-state index contributed by atoms with van der Waals surface area (Å²) in [4.78, 5) is 20.8. The van der Waals surface area contributed by atoms with Crippen molar-refractivity contribution in [2.24, 2.45) is 0 Å². The summed E-state index contributed by atoms with van der Waals surface area (Å²) in [5, 5.41) is 3.71. The van der Waals surface area contributed by atoms with Crippen molar-refractivity contribution in [3.05, 3.63) is 113 Å². The minimum Gasteiger partial charge on any atom is -0.487 e. The maximum absolute atomic E-state index is 13.4. The van der Waals surface area contributed by atoms with Crippen molar-refractivity contribution in [1.29, 1.82) is 0 Å². The lowest BCUT2D eigenvalue weighted by Crippen LogP contribution is -2.13. The Morgan fingerprint density at radius 1 is 0.950 bits per heavy atom. The van der Waals surface area contributed by atoms with Crippen molar-refractivity contribution in [3.8, 4) is 5.75 Å². The lowest BCUT2D eigenvalue weighted by molar-refractivity contribution is 0.0308. The second kappa shape index (κ2) is 13.1. The van der Waals surface area contributed by atoms with E-state index in [0.29, 0.717) is 46.6 Å². The van der Waals surface area contributed by atoms with E-state index in [-0.39, 0.29) is 31.6 Å². The van der Waals surface area contributed by atoms with Crippen LogP contribution in [0, 0.1) is 5.82 Å². The van der Waals surface area contributed by atoms with E-state index < -0.39 is 0 Å². The predicted molar refractivity (Wildman–Crippen MR) is 151 cm³/mol. The first-order valence-corrected chi connectivity index (χ1v) is 13.0. The number of ether oxygens (including phenoxy) is 3. The van der Waals surface area contributed by atoms with Crippen LogP contribution >= 0.6 is 11.6 Å². The molecule has 0 spiro atoms. The average Bonchev–Trinajstić information content (AvgIpc) is 3.39. The SMILES string of the molecule is O=C(OCCOCCn1ccc2ncnc(Nc3ccc(OCc4cccc(F)c4)c(Cl)c3)c21)c1ccccc1.